The summed E-state index contributed by atoms with van der Waals surface area (Å²) in [4.78, 5) is 33.0. The van der Waals surface area contributed by atoms with Crippen LogP contribution in [0.4, 0.5) is 5.82 Å². The van der Waals surface area contributed by atoms with Crippen LogP contribution in [0.5, 0.6) is 0 Å². The number of hydrogen-bond acceptors (Lipinski definition) is 8. The molecule has 1 amide bonds. The Morgan fingerprint density at radius 3 is 3.00 bits per heavy atom. The summed E-state index contributed by atoms with van der Waals surface area (Å²) in [6.07, 6.45) is 6.12. The molecule has 2 aliphatic heterocycles. The molecule has 2 aromatic heterocycles. The van der Waals surface area contributed by atoms with Gasteiger partial charge in [0.1, 0.15) is 15.8 Å². The maximum absolute atomic E-state index is 13.3. The van der Waals surface area contributed by atoms with E-state index in [1.54, 1.807) is 29.3 Å². The fourth-order valence-corrected chi connectivity index (χ4v) is 5.00. The number of carbonyl (C=O) groups excluding carboxylic acids is 1. The number of nitrogens with zero attached hydrogens (tertiary/aromatic N) is 3. The summed E-state index contributed by atoms with van der Waals surface area (Å²) in [6.45, 7) is 6.33. The first-order valence-electron chi connectivity index (χ1n) is 11.2. The van der Waals surface area contributed by atoms with E-state index in [-0.39, 0.29) is 23.7 Å². The Bertz CT molecular complexity index is 1130. The molecule has 2 fully saturated rings. The lowest BCUT2D eigenvalue weighted by Gasteiger charge is -2.18. The van der Waals surface area contributed by atoms with Gasteiger partial charge in [-0.05, 0) is 51.3 Å². The van der Waals surface area contributed by atoms with Gasteiger partial charge in [0.15, 0.2) is 0 Å². The Balaban J connectivity index is 1.60. The van der Waals surface area contributed by atoms with E-state index >= 15 is 0 Å². The number of ether oxygens (including phenoxy) is 2. The van der Waals surface area contributed by atoms with E-state index in [0.717, 1.165) is 19.3 Å². The quantitative estimate of drug-likeness (QED) is 0.327. The number of anilines is 1. The maximum atomic E-state index is 13.3. The van der Waals surface area contributed by atoms with Crippen molar-refractivity contribution < 1.29 is 14.3 Å². The standard InChI is InChI=1S/C23H28N4O4S2/c1-15(2)30-12-6-9-24-20-17(21(28)26-10-4-3-8-19(26)25-20)13-18-22(29)27(23(32)33-18)14-16-7-5-11-31-16/h3-4,8,10,13,15-16,24H,5-7,9,11-12,14H2,1-2H3/b18-13-. The van der Waals surface area contributed by atoms with Gasteiger partial charge in [-0.15, -0.1) is 0 Å². The van der Waals surface area contributed by atoms with Gasteiger partial charge in [0.2, 0.25) is 0 Å². The number of carbonyl (C=O) groups is 1. The molecule has 1 N–H and O–H groups in total. The van der Waals surface area contributed by atoms with Crippen LogP contribution in [0.3, 0.4) is 0 Å². The van der Waals surface area contributed by atoms with Crippen LogP contribution in [0.1, 0.15) is 38.7 Å². The first kappa shape index (κ1) is 23.9. The van der Waals surface area contributed by atoms with Gasteiger partial charge in [-0.25, -0.2) is 4.98 Å². The molecule has 1 atom stereocenters. The highest BCUT2D eigenvalue weighted by atomic mass is 32.2. The Morgan fingerprint density at radius 2 is 2.24 bits per heavy atom. The number of rotatable bonds is 9. The number of fused-ring (bicyclic) bond motifs is 1. The molecule has 4 heterocycles. The summed E-state index contributed by atoms with van der Waals surface area (Å²) in [7, 11) is 0. The van der Waals surface area contributed by atoms with Crippen LogP contribution in [0.2, 0.25) is 0 Å². The molecule has 2 saturated heterocycles. The molecule has 1 unspecified atom stereocenters. The van der Waals surface area contributed by atoms with Crippen molar-refractivity contribution in [3.63, 3.8) is 0 Å². The number of hydrogen-bond donors (Lipinski definition) is 1. The molecular formula is C23H28N4O4S2. The van der Waals surface area contributed by atoms with Crippen molar-refractivity contribution in [2.45, 2.75) is 45.3 Å². The number of amides is 1. The normalized spacial score (nSPS) is 20.0. The van der Waals surface area contributed by atoms with Crippen LogP contribution in [-0.2, 0) is 14.3 Å². The van der Waals surface area contributed by atoms with Crippen LogP contribution in [-0.4, -0.2) is 63.0 Å². The lowest BCUT2D eigenvalue weighted by molar-refractivity contribution is -0.123. The zero-order valence-corrected chi connectivity index (χ0v) is 20.4. The van der Waals surface area contributed by atoms with E-state index in [0.29, 0.717) is 52.6 Å². The van der Waals surface area contributed by atoms with Crippen molar-refractivity contribution in [1.29, 1.82) is 0 Å². The van der Waals surface area contributed by atoms with E-state index in [2.05, 4.69) is 10.3 Å². The lowest BCUT2D eigenvalue weighted by Crippen LogP contribution is -2.35. The number of aromatic nitrogens is 2. The van der Waals surface area contributed by atoms with Crippen molar-refractivity contribution in [2.75, 3.05) is 31.6 Å². The molecule has 0 saturated carbocycles. The summed E-state index contributed by atoms with van der Waals surface area (Å²) in [6, 6.07) is 5.38. The topological polar surface area (TPSA) is 85.2 Å². The molecule has 176 valence electrons. The Labute approximate surface area is 202 Å². The number of thiocarbonyl (C=S) groups is 1. The van der Waals surface area contributed by atoms with E-state index in [1.165, 1.54) is 16.2 Å². The molecule has 0 aromatic carbocycles. The van der Waals surface area contributed by atoms with Gasteiger partial charge in [0.05, 0.1) is 29.2 Å². The van der Waals surface area contributed by atoms with Crippen molar-refractivity contribution in [3.8, 4) is 0 Å². The van der Waals surface area contributed by atoms with Crippen molar-refractivity contribution in [2.24, 2.45) is 0 Å². The fourth-order valence-electron chi connectivity index (χ4n) is 3.75. The van der Waals surface area contributed by atoms with Crippen LogP contribution < -0.4 is 10.9 Å². The van der Waals surface area contributed by atoms with Crippen LogP contribution in [0.25, 0.3) is 11.7 Å². The predicted octanol–water partition coefficient (Wildman–Crippen LogP) is 3.30. The first-order valence-corrected chi connectivity index (χ1v) is 12.4. The fraction of sp³-hybridized carbons (Fsp3) is 0.478. The number of pyridine rings is 1. The van der Waals surface area contributed by atoms with Gasteiger partial charge in [-0.2, -0.15) is 0 Å². The minimum atomic E-state index is -0.245. The molecule has 0 radical (unpaired) electrons. The second-order valence-corrected chi connectivity index (χ2v) is 9.91. The Morgan fingerprint density at radius 1 is 1.39 bits per heavy atom. The molecule has 0 bridgehead atoms. The van der Waals surface area contributed by atoms with Gasteiger partial charge >= 0.3 is 0 Å². The van der Waals surface area contributed by atoms with Crippen molar-refractivity contribution in [3.05, 3.63) is 45.2 Å². The summed E-state index contributed by atoms with van der Waals surface area (Å²) in [5, 5.41) is 3.25. The second kappa shape index (κ2) is 10.8. The minimum absolute atomic E-state index is 0.00472. The van der Waals surface area contributed by atoms with Crippen LogP contribution >= 0.6 is 24.0 Å². The number of nitrogens with one attached hydrogen (secondary N) is 1. The summed E-state index contributed by atoms with van der Waals surface area (Å²) in [5.74, 6) is 0.245. The summed E-state index contributed by atoms with van der Waals surface area (Å²) < 4.78 is 13.2. The Hall–Kier alpha value is -2.27. The number of thioether (sulfide) groups is 1. The van der Waals surface area contributed by atoms with E-state index < -0.39 is 0 Å². The van der Waals surface area contributed by atoms with Crippen LogP contribution in [0.15, 0.2) is 34.1 Å². The third-order valence-electron chi connectivity index (χ3n) is 5.39. The molecule has 8 nitrogen and oxygen atoms in total. The van der Waals surface area contributed by atoms with Gasteiger partial charge in [0.25, 0.3) is 11.5 Å². The molecule has 10 heteroatoms. The average molecular weight is 489 g/mol. The second-order valence-electron chi connectivity index (χ2n) is 8.24. The summed E-state index contributed by atoms with van der Waals surface area (Å²) in [5.41, 5.74) is 0.624. The smallest absolute Gasteiger partial charge is 0.267 e. The van der Waals surface area contributed by atoms with E-state index in [9.17, 15) is 9.59 Å². The third kappa shape index (κ3) is 5.63. The van der Waals surface area contributed by atoms with Crippen LogP contribution in [0, 0.1) is 0 Å². The van der Waals surface area contributed by atoms with Gasteiger partial charge in [-0.3, -0.25) is 18.9 Å². The highest BCUT2D eigenvalue weighted by molar-refractivity contribution is 8.26. The monoisotopic (exact) mass is 488 g/mol. The third-order valence-corrected chi connectivity index (χ3v) is 6.77. The Kier molecular flexibility index (Phi) is 7.79. The van der Waals surface area contributed by atoms with Gasteiger partial charge in [0, 0.05) is 26.0 Å². The largest absolute Gasteiger partial charge is 0.379 e. The minimum Gasteiger partial charge on any atom is -0.379 e. The molecule has 4 rings (SSSR count). The average Bonchev–Trinajstić information content (AvgIpc) is 3.40. The molecule has 2 aliphatic rings. The molecule has 0 aliphatic carbocycles. The summed E-state index contributed by atoms with van der Waals surface area (Å²) >= 11 is 6.66. The van der Waals surface area contributed by atoms with Crippen molar-refractivity contribution in [1.82, 2.24) is 14.3 Å². The SMILES string of the molecule is CC(C)OCCCNc1nc2ccccn2c(=O)c1/C=C1\SC(=S)N(CC2CCCO2)C1=O. The molecule has 0 spiro atoms. The predicted molar refractivity (Wildman–Crippen MR) is 135 cm³/mol. The van der Waals surface area contributed by atoms with Gasteiger partial charge < -0.3 is 14.8 Å². The van der Waals surface area contributed by atoms with E-state index in [1.807, 2.05) is 19.9 Å². The molecule has 2 aromatic rings. The van der Waals surface area contributed by atoms with Gasteiger partial charge in [-0.1, -0.05) is 30.0 Å². The zero-order chi connectivity index (χ0) is 23.4. The zero-order valence-electron chi connectivity index (χ0n) is 18.8. The lowest BCUT2D eigenvalue weighted by atomic mass is 10.2. The maximum Gasteiger partial charge on any atom is 0.267 e. The molecule has 33 heavy (non-hydrogen) atoms. The molecular weight excluding hydrogens is 460 g/mol. The highest BCUT2D eigenvalue weighted by Gasteiger charge is 2.35. The first-order chi connectivity index (χ1) is 15.9. The van der Waals surface area contributed by atoms with E-state index in [4.69, 9.17) is 21.7 Å². The van der Waals surface area contributed by atoms with Crippen molar-refractivity contribution >= 4 is 51.7 Å². The highest BCUT2D eigenvalue weighted by Crippen LogP contribution is 2.34.